The fourth-order valence-corrected chi connectivity index (χ4v) is 1.15. The first-order valence-electron chi connectivity index (χ1n) is 4.48. The lowest BCUT2D eigenvalue weighted by Crippen LogP contribution is -2.07. The van der Waals surface area contributed by atoms with Crippen molar-refractivity contribution in [3.63, 3.8) is 0 Å². The minimum absolute atomic E-state index is 0.0893. The number of ether oxygens (including phenoxy) is 1. The molecule has 0 saturated carbocycles. The molecule has 0 heterocycles. The van der Waals surface area contributed by atoms with Crippen LogP contribution in [0, 0.1) is 13.8 Å². The van der Waals surface area contributed by atoms with E-state index in [4.69, 9.17) is 4.74 Å². The van der Waals surface area contributed by atoms with Crippen molar-refractivity contribution in [3.05, 3.63) is 23.3 Å². The van der Waals surface area contributed by atoms with Crippen LogP contribution in [0.5, 0.6) is 11.5 Å². The van der Waals surface area contributed by atoms with Gasteiger partial charge in [-0.3, -0.25) is 0 Å². The second-order valence-corrected chi connectivity index (χ2v) is 3.54. The van der Waals surface area contributed by atoms with E-state index in [9.17, 15) is 5.11 Å². The molecule has 1 aromatic rings. The van der Waals surface area contributed by atoms with E-state index < -0.39 is 0 Å². The Hall–Kier alpha value is -1.18. The van der Waals surface area contributed by atoms with Gasteiger partial charge in [-0.15, -0.1) is 0 Å². The molecule has 1 N–H and O–H groups in total. The van der Waals surface area contributed by atoms with E-state index in [2.05, 4.69) is 0 Å². The molecule has 0 spiro atoms. The highest BCUT2D eigenvalue weighted by molar-refractivity contribution is 5.49. The zero-order valence-electron chi connectivity index (χ0n) is 8.59. The van der Waals surface area contributed by atoms with E-state index in [0.29, 0.717) is 5.75 Å². The van der Waals surface area contributed by atoms with Gasteiger partial charge in [0.15, 0.2) is 11.5 Å². The van der Waals surface area contributed by atoms with E-state index in [1.165, 1.54) is 0 Å². The molecule has 0 amide bonds. The fraction of sp³-hybridized carbons (Fsp3) is 0.455. The summed E-state index contributed by atoms with van der Waals surface area (Å²) in [6.45, 7) is 7.68. The average Bonchev–Trinajstić information content (AvgIpc) is 2.05. The van der Waals surface area contributed by atoms with Gasteiger partial charge in [0, 0.05) is 0 Å². The third-order valence-corrected chi connectivity index (χ3v) is 1.88. The summed E-state index contributed by atoms with van der Waals surface area (Å²) >= 11 is 0. The molecule has 2 nitrogen and oxygen atoms in total. The number of hydrogen-bond acceptors (Lipinski definition) is 2. The quantitative estimate of drug-likeness (QED) is 0.758. The monoisotopic (exact) mass is 180 g/mol. The highest BCUT2D eigenvalue weighted by Gasteiger charge is 2.09. The Kier molecular flexibility index (Phi) is 2.81. The molecular weight excluding hydrogens is 164 g/mol. The third kappa shape index (κ3) is 2.14. The molecule has 0 aromatic heterocycles. The summed E-state index contributed by atoms with van der Waals surface area (Å²) in [5, 5.41) is 9.70. The van der Waals surface area contributed by atoms with Crippen molar-refractivity contribution in [2.24, 2.45) is 0 Å². The molecule has 0 radical (unpaired) electrons. The maximum absolute atomic E-state index is 9.70. The Morgan fingerprint density at radius 1 is 1.15 bits per heavy atom. The van der Waals surface area contributed by atoms with E-state index >= 15 is 0 Å². The minimum atomic E-state index is 0.0893. The smallest absolute Gasteiger partial charge is 0.164 e. The van der Waals surface area contributed by atoms with Crippen LogP contribution in [0.2, 0.25) is 0 Å². The highest BCUT2D eigenvalue weighted by Crippen LogP contribution is 2.33. The van der Waals surface area contributed by atoms with Crippen LogP contribution < -0.4 is 4.74 Å². The lowest BCUT2D eigenvalue weighted by molar-refractivity contribution is 0.230. The first-order valence-corrected chi connectivity index (χ1v) is 4.48. The standard InChI is InChI=1S/C11H16O2/c1-7(2)13-11-9(4)6-5-8(3)10(11)12/h5-7,12H,1-4H3. The molecule has 0 saturated heterocycles. The van der Waals surface area contributed by atoms with Gasteiger partial charge in [0.1, 0.15) is 0 Å². The van der Waals surface area contributed by atoms with E-state index in [1.54, 1.807) is 0 Å². The van der Waals surface area contributed by atoms with Gasteiger partial charge >= 0.3 is 0 Å². The summed E-state index contributed by atoms with van der Waals surface area (Å²) in [5.41, 5.74) is 1.82. The Morgan fingerprint density at radius 2 is 1.69 bits per heavy atom. The molecule has 0 fully saturated rings. The van der Waals surface area contributed by atoms with Gasteiger partial charge in [-0.2, -0.15) is 0 Å². The van der Waals surface area contributed by atoms with E-state index in [0.717, 1.165) is 11.1 Å². The molecule has 0 aliphatic carbocycles. The zero-order valence-corrected chi connectivity index (χ0v) is 8.59. The molecule has 0 atom stereocenters. The third-order valence-electron chi connectivity index (χ3n) is 1.88. The second-order valence-electron chi connectivity index (χ2n) is 3.54. The normalized spacial score (nSPS) is 10.5. The number of benzene rings is 1. The number of aromatic hydroxyl groups is 1. The van der Waals surface area contributed by atoms with Crippen molar-refractivity contribution in [1.82, 2.24) is 0 Å². The van der Waals surface area contributed by atoms with Crippen LogP contribution in [0.15, 0.2) is 12.1 Å². The van der Waals surface area contributed by atoms with E-state index in [-0.39, 0.29) is 11.9 Å². The van der Waals surface area contributed by atoms with Crippen LogP contribution in [0.25, 0.3) is 0 Å². The van der Waals surface area contributed by atoms with Crippen LogP contribution in [0.1, 0.15) is 25.0 Å². The Morgan fingerprint density at radius 3 is 2.23 bits per heavy atom. The van der Waals surface area contributed by atoms with Gasteiger partial charge < -0.3 is 9.84 Å². The molecular formula is C11H16O2. The molecule has 0 aliphatic heterocycles. The Bertz CT molecular complexity index is 303. The van der Waals surface area contributed by atoms with Gasteiger partial charge in [-0.25, -0.2) is 0 Å². The first kappa shape index (κ1) is 9.90. The van der Waals surface area contributed by atoms with Crippen LogP contribution in [-0.2, 0) is 0 Å². The maximum atomic E-state index is 9.70. The SMILES string of the molecule is Cc1ccc(C)c(OC(C)C)c1O. The molecule has 13 heavy (non-hydrogen) atoms. The number of hydrogen-bond donors (Lipinski definition) is 1. The van der Waals surface area contributed by atoms with Crippen LogP contribution >= 0.6 is 0 Å². The lowest BCUT2D eigenvalue weighted by atomic mass is 10.1. The van der Waals surface area contributed by atoms with Gasteiger partial charge in [-0.1, -0.05) is 12.1 Å². The van der Waals surface area contributed by atoms with Crippen molar-refractivity contribution in [2.45, 2.75) is 33.8 Å². The molecule has 72 valence electrons. The van der Waals surface area contributed by atoms with Crippen molar-refractivity contribution in [1.29, 1.82) is 0 Å². The second kappa shape index (κ2) is 3.69. The van der Waals surface area contributed by atoms with Gasteiger partial charge in [0.2, 0.25) is 0 Å². The predicted octanol–water partition coefficient (Wildman–Crippen LogP) is 2.80. The molecule has 1 rings (SSSR count). The number of phenols is 1. The first-order chi connectivity index (χ1) is 6.02. The fourth-order valence-electron chi connectivity index (χ4n) is 1.15. The Balaban J connectivity index is 3.10. The maximum Gasteiger partial charge on any atom is 0.164 e. The molecule has 2 heteroatoms. The number of rotatable bonds is 2. The van der Waals surface area contributed by atoms with Crippen LogP contribution in [0.4, 0.5) is 0 Å². The molecule has 0 bridgehead atoms. The van der Waals surface area contributed by atoms with E-state index in [1.807, 2.05) is 39.8 Å². The predicted molar refractivity (Wildman–Crippen MR) is 53.3 cm³/mol. The summed E-state index contributed by atoms with van der Waals surface area (Å²) in [6, 6.07) is 3.84. The van der Waals surface area contributed by atoms with Crippen molar-refractivity contribution in [3.8, 4) is 11.5 Å². The highest BCUT2D eigenvalue weighted by atomic mass is 16.5. The molecule has 1 aromatic carbocycles. The summed E-state index contributed by atoms with van der Waals surface area (Å²) in [4.78, 5) is 0. The van der Waals surface area contributed by atoms with Gasteiger partial charge in [-0.05, 0) is 38.8 Å². The summed E-state index contributed by atoms with van der Waals surface area (Å²) in [5.74, 6) is 0.865. The van der Waals surface area contributed by atoms with Crippen LogP contribution in [-0.4, -0.2) is 11.2 Å². The topological polar surface area (TPSA) is 29.5 Å². The molecule has 0 unspecified atom stereocenters. The largest absolute Gasteiger partial charge is 0.504 e. The van der Waals surface area contributed by atoms with Gasteiger partial charge in [0.05, 0.1) is 6.10 Å². The van der Waals surface area contributed by atoms with Crippen molar-refractivity contribution in [2.75, 3.05) is 0 Å². The average molecular weight is 180 g/mol. The van der Waals surface area contributed by atoms with Crippen molar-refractivity contribution < 1.29 is 9.84 Å². The van der Waals surface area contributed by atoms with Crippen LogP contribution in [0.3, 0.4) is 0 Å². The van der Waals surface area contributed by atoms with Gasteiger partial charge in [0.25, 0.3) is 0 Å². The molecule has 0 aliphatic rings. The number of aryl methyl sites for hydroxylation is 2. The lowest BCUT2D eigenvalue weighted by Gasteiger charge is -2.14. The van der Waals surface area contributed by atoms with Crippen molar-refractivity contribution >= 4 is 0 Å². The summed E-state index contributed by atoms with van der Waals surface area (Å²) < 4.78 is 5.51. The Labute approximate surface area is 79.2 Å². The zero-order chi connectivity index (χ0) is 10.0. The minimum Gasteiger partial charge on any atom is -0.504 e. The number of phenolic OH excluding ortho intramolecular Hbond substituents is 1. The summed E-state index contributed by atoms with van der Waals surface area (Å²) in [6.07, 6.45) is 0.0893. The summed E-state index contributed by atoms with van der Waals surface area (Å²) in [7, 11) is 0.